The van der Waals surface area contributed by atoms with Crippen LogP contribution in [0, 0.1) is 0 Å². The first kappa shape index (κ1) is 14.2. The van der Waals surface area contributed by atoms with Crippen LogP contribution in [-0.2, 0) is 0 Å². The minimum absolute atomic E-state index is 1.01. The molecule has 0 bridgehead atoms. The lowest BCUT2D eigenvalue weighted by Crippen LogP contribution is -2.40. The van der Waals surface area contributed by atoms with Gasteiger partial charge in [0.1, 0.15) is 24.6 Å². The van der Waals surface area contributed by atoms with E-state index >= 15 is 0 Å². The van der Waals surface area contributed by atoms with E-state index < -0.39 is 8.07 Å². The lowest BCUT2D eigenvalue weighted by atomic mass is 10.1. The molecule has 1 aliphatic heterocycles. The molecule has 0 atom stereocenters. The number of hydrogen-bond acceptors (Lipinski definition) is 3. The van der Waals surface area contributed by atoms with Gasteiger partial charge in [-0.25, -0.2) is 9.97 Å². The van der Waals surface area contributed by atoms with Crippen molar-refractivity contribution in [2.45, 2.75) is 29.6 Å². The average molecular weight is 348 g/mol. The fraction of sp³-hybridized carbons (Fsp3) is 0.158. The highest BCUT2D eigenvalue weighted by molar-refractivity contribution is 7.99. The molecular weight excluding hydrogens is 330 g/mol. The molecule has 0 spiro atoms. The van der Waals surface area contributed by atoms with Gasteiger partial charge in [0.15, 0.2) is 0 Å². The Morgan fingerprint density at radius 1 is 1.00 bits per heavy atom. The predicted octanol–water partition coefficient (Wildman–Crippen LogP) is 4.56. The molecule has 5 heteroatoms. The molecule has 0 fully saturated rings. The van der Waals surface area contributed by atoms with Crippen LogP contribution in [-0.4, -0.2) is 22.4 Å². The first-order valence-electron chi connectivity index (χ1n) is 8.11. The van der Waals surface area contributed by atoms with E-state index in [2.05, 4.69) is 60.4 Å². The van der Waals surface area contributed by atoms with Crippen molar-refractivity contribution in [1.82, 2.24) is 14.4 Å². The van der Waals surface area contributed by atoms with E-state index in [1.54, 1.807) is 0 Å². The van der Waals surface area contributed by atoms with Gasteiger partial charge in [-0.2, -0.15) is 0 Å². The quantitative estimate of drug-likeness (QED) is 0.416. The van der Waals surface area contributed by atoms with E-state index in [-0.39, 0.29) is 0 Å². The van der Waals surface area contributed by atoms with E-state index in [9.17, 15) is 0 Å². The lowest BCUT2D eigenvalue weighted by molar-refractivity contribution is 0.989. The molecule has 4 aromatic rings. The van der Waals surface area contributed by atoms with Crippen molar-refractivity contribution < 1.29 is 0 Å². The number of aromatic nitrogens is 3. The molecule has 0 amide bonds. The molecule has 0 N–H and O–H groups in total. The second-order valence-electron chi connectivity index (χ2n) is 7.28. The van der Waals surface area contributed by atoms with Crippen molar-refractivity contribution in [2.24, 2.45) is 0 Å². The third-order valence-corrected chi connectivity index (χ3v) is 7.58. The van der Waals surface area contributed by atoms with Crippen LogP contribution in [0.3, 0.4) is 0 Å². The fourth-order valence-electron chi connectivity index (χ4n) is 3.33. The van der Waals surface area contributed by atoms with Crippen molar-refractivity contribution in [3.05, 3.63) is 48.7 Å². The van der Waals surface area contributed by atoms with Gasteiger partial charge in [-0.05, 0) is 29.0 Å². The molecule has 0 aliphatic carbocycles. The minimum atomic E-state index is -1.53. The summed E-state index contributed by atoms with van der Waals surface area (Å²) in [5.74, 6) is 1.01. The monoisotopic (exact) mass is 347 g/mol. The lowest BCUT2D eigenvalue weighted by Gasteiger charge is -2.21. The van der Waals surface area contributed by atoms with E-state index in [4.69, 9.17) is 9.97 Å². The third-order valence-electron chi connectivity index (χ3n) is 4.50. The van der Waals surface area contributed by atoms with Gasteiger partial charge >= 0.3 is 0 Å². The van der Waals surface area contributed by atoms with E-state index in [1.807, 2.05) is 24.0 Å². The van der Waals surface area contributed by atoms with E-state index in [1.165, 1.54) is 31.6 Å². The molecule has 5 rings (SSSR count). The summed E-state index contributed by atoms with van der Waals surface area (Å²) >= 11 is 1.85. The molecule has 0 saturated carbocycles. The number of benzene rings is 2. The van der Waals surface area contributed by atoms with Crippen molar-refractivity contribution in [1.29, 1.82) is 0 Å². The van der Waals surface area contributed by atoms with Crippen LogP contribution in [0.15, 0.2) is 58.6 Å². The van der Waals surface area contributed by atoms with Crippen LogP contribution in [0.2, 0.25) is 19.6 Å². The third kappa shape index (κ3) is 1.91. The van der Waals surface area contributed by atoms with Crippen LogP contribution >= 0.6 is 11.8 Å². The van der Waals surface area contributed by atoms with Gasteiger partial charge in [-0.15, -0.1) is 0 Å². The van der Waals surface area contributed by atoms with Gasteiger partial charge < -0.3 is 0 Å². The molecule has 0 unspecified atom stereocenters. The summed E-state index contributed by atoms with van der Waals surface area (Å²) in [5.41, 5.74) is 2.22. The molecule has 0 saturated heterocycles. The van der Waals surface area contributed by atoms with Gasteiger partial charge in [-0.1, -0.05) is 55.7 Å². The Balaban J connectivity index is 1.90. The molecule has 118 valence electrons. The Morgan fingerprint density at radius 2 is 1.75 bits per heavy atom. The standard InChI is InChI=1S/C19H17N3SSi/c1-24(2,3)18-19-22-16(21-18)8-9-20-17(22)14-10-12-6-4-5-7-13(12)11-15(14)23-19/h4-11H,1-3H3. The van der Waals surface area contributed by atoms with Gasteiger partial charge in [0, 0.05) is 16.7 Å². The maximum absolute atomic E-state index is 4.97. The highest BCUT2D eigenvalue weighted by atomic mass is 32.2. The zero-order valence-corrected chi connectivity index (χ0v) is 15.7. The van der Waals surface area contributed by atoms with Crippen LogP contribution in [0.25, 0.3) is 27.8 Å². The number of fused-ring (bicyclic) bond motifs is 3. The summed E-state index contributed by atoms with van der Waals surface area (Å²) in [4.78, 5) is 11.0. The fourth-order valence-corrected chi connectivity index (χ4v) is 6.67. The van der Waals surface area contributed by atoms with Crippen molar-refractivity contribution in [3.63, 3.8) is 0 Å². The maximum atomic E-state index is 4.97. The number of hydrogen-bond donors (Lipinski definition) is 0. The second kappa shape index (κ2) is 4.71. The molecule has 2 aromatic heterocycles. The SMILES string of the molecule is C[Si](C)(C)c1nc2ccnc3n2c1Sc1cc2ccccc2cc1-3. The van der Waals surface area contributed by atoms with E-state index in [0.29, 0.717) is 0 Å². The normalized spacial score (nSPS) is 13.5. The Labute approximate surface area is 145 Å². The Hall–Kier alpha value is -2.11. The van der Waals surface area contributed by atoms with Crippen molar-refractivity contribution in [2.75, 3.05) is 0 Å². The number of nitrogens with zero attached hydrogens (tertiary/aromatic N) is 3. The topological polar surface area (TPSA) is 30.2 Å². The Bertz CT molecular complexity index is 1120. The first-order valence-corrected chi connectivity index (χ1v) is 12.4. The summed E-state index contributed by atoms with van der Waals surface area (Å²) in [6, 6.07) is 15.1. The minimum Gasteiger partial charge on any atom is -0.271 e. The average Bonchev–Trinajstić information content (AvgIpc) is 2.94. The van der Waals surface area contributed by atoms with Crippen LogP contribution < -0.4 is 5.32 Å². The van der Waals surface area contributed by atoms with Crippen LogP contribution in [0.5, 0.6) is 0 Å². The predicted molar refractivity (Wildman–Crippen MR) is 103 cm³/mol. The van der Waals surface area contributed by atoms with Gasteiger partial charge in [0.25, 0.3) is 0 Å². The van der Waals surface area contributed by atoms with E-state index in [0.717, 1.165) is 11.5 Å². The van der Waals surface area contributed by atoms with Gasteiger partial charge in [-0.3, -0.25) is 4.40 Å². The van der Waals surface area contributed by atoms with Crippen LogP contribution in [0.1, 0.15) is 0 Å². The highest BCUT2D eigenvalue weighted by Crippen LogP contribution is 2.43. The molecular formula is C19H17N3SSi. The first-order chi connectivity index (χ1) is 11.5. The Kier molecular flexibility index (Phi) is 2.80. The zero-order chi connectivity index (χ0) is 16.5. The zero-order valence-electron chi connectivity index (χ0n) is 13.9. The van der Waals surface area contributed by atoms with Crippen LogP contribution in [0.4, 0.5) is 0 Å². The summed E-state index contributed by atoms with van der Waals surface area (Å²) in [6.45, 7) is 7.07. The molecule has 3 nitrogen and oxygen atoms in total. The molecule has 1 aliphatic rings. The summed E-state index contributed by atoms with van der Waals surface area (Å²) in [5, 5.41) is 5.07. The number of imidazole rings is 1. The smallest absolute Gasteiger partial charge is 0.147 e. The van der Waals surface area contributed by atoms with Gasteiger partial charge in [0.05, 0.1) is 5.32 Å². The highest BCUT2D eigenvalue weighted by Gasteiger charge is 2.31. The molecule has 24 heavy (non-hydrogen) atoms. The summed E-state index contributed by atoms with van der Waals surface area (Å²) < 4.78 is 2.25. The molecule has 0 radical (unpaired) electrons. The molecule has 3 heterocycles. The maximum Gasteiger partial charge on any atom is 0.147 e. The van der Waals surface area contributed by atoms with Crippen molar-refractivity contribution >= 4 is 41.6 Å². The summed E-state index contributed by atoms with van der Waals surface area (Å²) in [6.07, 6.45) is 1.88. The molecule has 2 aromatic carbocycles. The van der Waals surface area contributed by atoms with Crippen molar-refractivity contribution in [3.8, 4) is 11.4 Å². The Morgan fingerprint density at radius 3 is 2.50 bits per heavy atom. The van der Waals surface area contributed by atoms with Gasteiger partial charge in [0.2, 0.25) is 0 Å². The largest absolute Gasteiger partial charge is 0.271 e. The summed E-state index contributed by atoms with van der Waals surface area (Å²) in [7, 11) is -1.53. The number of rotatable bonds is 1. The second-order valence-corrected chi connectivity index (χ2v) is 13.3.